The highest BCUT2D eigenvalue weighted by molar-refractivity contribution is 7.91. The van der Waals surface area contributed by atoms with E-state index >= 15 is 0 Å². The molecule has 1 aliphatic rings. The summed E-state index contributed by atoms with van der Waals surface area (Å²) in [4.78, 5) is 11.8. The van der Waals surface area contributed by atoms with Gasteiger partial charge in [0.1, 0.15) is 12.4 Å². The maximum Gasteiger partial charge on any atom is 0.341 e. The molecule has 2 aromatic rings. The number of ether oxygens (including phenoxy) is 2. The van der Waals surface area contributed by atoms with Crippen molar-refractivity contribution in [2.75, 3.05) is 18.5 Å². The van der Waals surface area contributed by atoms with Crippen LogP contribution in [0.2, 0.25) is 0 Å². The molecule has 0 spiro atoms. The van der Waals surface area contributed by atoms with Gasteiger partial charge in [0.05, 0.1) is 11.0 Å². The van der Waals surface area contributed by atoms with Crippen LogP contribution < -0.4 is 10.1 Å². The van der Waals surface area contributed by atoms with Crippen molar-refractivity contribution in [2.45, 2.75) is 29.6 Å². The number of anilines is 1. The Hall–Kier alpha value is -2.52. The van der Waals surface area contributed by atoms with Crippen molar-refractivity contribution in [3.8, 4) is 5.75 Å². The summed E-state index contributed by atoms with van der Waals surface area (Å²) in [6.45, 7) is 1.21. The third-order valence-electron chi connectivity index (χ3n) is 4.25. The van der Waals surface area contributed by atoms with Gasteiger partial charge in [-0.15, -0.1) is 0 Å². The molecule has 0 unspecified atom stereocenters. The van der Waals surface area contributed by atoms with Crippen LogP contribution in [0.4, 0.5) is 14.5 Å². The summed E-state index contributed by atoms with van der Waals surface area (Å²) in [7, 11) is -4.66. The van der Waals surface area contributed by atoms with Gasteiger partial charge in [0.15, 0.2) is 0 Å². The minimum Gasteiger partial charge on any atom is -0.491 e. The lowest BCUT2D eigenvalue weighted by Gasteiger charge is -2.12. The normalized spacial score (nSPS) is 16.9. The van der Waals surface area contributed by atoms with Crippen molar-refractivity contribution in [3.63, 3.8) is 0 Å². The van der Waals surface area contributed by atoms with Crippen molar-refractivity contribution >= 4 is 21.4 Å². The Morgan fingerprint density at radius 3 is 2.39 bits per heavy atom. The summed E-state index contributed by atoms with van der Waals surface area (Å²) in [6, 6.07) is 11.1. The fraction of sp³-hybridized carbons (Fsp3) is 0.316. The number of benzene rings is 2. The Labute approximate surface area is 161 Å². The molecule has 1 amide bonds. The van der Waals surface area contributed by atoms with Crippen LogP contribution in [0.15, 0.2) is 53.4 Å². The van der Waals surface area contributed by atoms with Crippen LogP contribution in [0, 0.1) is 0 Å². The predicted molar refractivity (Wildman–Crippen MR) is 98.5 cm³/mol. The number of halogens is 2. The number of alkyl halides is 2. The van der Waals surface area contributed by atoms with E-state index in [1.165, 1.54) is 12.1 Å². The van der Waals surface area contributed by atoms with E-state index < -0.39 is 26.4 Å². The van der Waals surface area contributed by atoms with E-state index in [2.05, 4.69) is 5.32 Å². The minimum atomic E-state index is -4.66. The quantitative estimate of drug-likeness (QED) is 0.754. The molecule has 1 fully saturated rings. The van der Waals surface area contributed by atoms with Crippen molar-refractivity contribution in [1.29, 1.82) is 0 Å². The Morgan fingerprint density at radius 1 is 1.14 bits per heavy atom. The maximum absolute atomic E-state index is 12.5. The van der Waals surface area contributed by atoms with Gasteiger partial charge in [-0.3, -0.25) is 4.79 Å². The summed E-state index contributed by atoms with van der Waals surface area (Å²) < 4.78 is 59.0. The van der Waals surface area contributed by atoms with Gasteiger partial charge in [0.2, 0.25) is 9.84 Å². The Kier molecular flexibility index (Phi) is 6.25. The van der Waals surface area contributed by atoms with Gasteiger partial charge in [-0.2, -0.15) is 8.78 Å². The molecule has 150 valence electrons. The first-order valence-electron chi connectivity index (χ1n) is 8.64. The number of carbonyl (C=O) groups is 1. The molecule has 2 aromatic carbocycles. The highest BCUT2D eigenvalue weighted by Crippen LogP contribution is 2.21. The molecular formula is C19H19F2NO5S. The molecule has 1 heterocycles. The monoisotopic (exact) mass is 411 g/mol. The van der Waals surface area contributed by atoms with Crippen LogP contribution in [0.25, 0.3) is 0 Å². The number of rotatable bonds is 7. The SMILES string of the molecule is O=C(Nc1ccc(S(=O)(=O)C(F)F)cc1)c1ccc(OC[C@@H]2CCCO2)cc1. The zero-order valence-electron chi connectivity index (χ0n) is 14.8. The van der Waals surface area contributed by atoms with E-state index in [9.17, 15) is 22.0 Å². The number of nitrogens with one attached hydrogen (secondary N) is 1. The molecule has 1 aliphatic heterocycles. The molecule has 28 heavy (non-hydrogen) atoms. The topological polar surface area (TPSA) is 81.7 Å². The molecule has 1 N–H and O–H groups in total. The number of hydrogen-bond acceptors (Lipinski definition) is 5. The molecule has 9 heteroatoms. The summed E-state index contributed by atoms with van der Waals surface area (Å²) >= 11 is 0. The lowest BCUT2D eigenvalue weighted by atomic mass is 10.2. The lowest BCUT2D eigenvalue weighted by molar-refractivity contribution is 0.0679. The highest BCUT2D eigenvalue weighted by atomic mass is 32.2. The Balaban J connectivity index is 1.58. The fourth-order valence-electron chi connectivity index (χ4n) is 2.70. The van der Waals surface area contributed by atoms with Gasteiger partial charge in [0.25, 0.3) is 5.91 Å². The average molecular weight is 411 g/mol. The van der Waals surface area contributed by atoms with Crippen LogP contribution in [-0.2, 0) is 14.6 Å². The van der Waals surface area contributed by atoms with Gasteiger partial charge in [0, 0.05) is 17.9 Å². The first kappa shape index (κ1) is 20.2. The Bertz CT molecular complexity index is 908. The minimum absolute atomic E-state index is 0.0971. The highest BCUT2D eigenvalue weighted by Gasteiger charge is 2.26. The van der Waals surface area contributed by atoms with Crippen molar-refractivity contribution in [3.05, 3.63) is 54.1 Å². The molecule has 3 rings (SSSR count). The zero-order valence-corrected chi connectivity index (χ0v) is 15.6. The number of carbonyl (C=O) groups excluding carboxylic acids is 1. The molecule has 1 saturated heterocycles. The van der Waals surface area contributed by atoms with Crippen LogP contribution in [0.1, 0.15) is 23.2 Å². The van der Waals surface area contributed by atoms with E-state index in [0.29, 0.717) is 17.9 Å². The predicted octanol–water partition coefficient (Wildman–Crippen LogP) is 3.49. The molecule has 0 aromatic heterocycles. The summed E-state index contributed by atoms with van der Waals surface area (Å²) in [5.41, 5.74) is 0.658. The van der Waals surface area contributed by atoms with E-state index in [4.69, 9.17) is 9.47 Å². The van der Waals surface area contributed by atoms with Crippen molar-refractivity contribution < 1.29 is 31.5 Å². The third-order valence-corrected chi connectivity index (χ3v) is 5.65. The van der Waals surface area contributed by atoms with Gasteiger partial charge in [-0.05, 0) is 61.4 Å². The molecule has 0 aliphatic carbocycles. The molecule has 6 nitrogen and oxygen atoms in total. The van der Waals surface area contributed by atoms with Crippen LogP contribution in [0.3, 0.4) is 0 Å². The molecular weight excluding hydrogens is 392 g/mol. The third kappa shape index (κ3) is 4.85. The second kappa shape index (κ2) is 8.66. The fourth-order valence-corrected chi connectivity index (χ4v) is 3.42. The maximum atomic E-state index is 12.5. The van der Waals surface area contributed by atoms with Gasteiger partial charge in [-0.1, -0.05) is 0 Å². The van der Waals surface area contributed by atoms with Gasteiger partial charge < -0.3 is 14.8 Å². The van der Waals surface area contributed by atoms with Gasteiger partial charge in [-0.25, -0.2) is 8.42 Å². The summed E-state index contributed by atoms with van der Waals surface area (Å²) in [6.07, 6.45) is 2.10. The van der Waals surface area contributed by atoms with Crippen LogP contribution in [0.5, 0.6) is 5.75 Å². The van der Waals surface area contributed by atoms with E-state index in [-0.39, 0.29) is 11.8 Å². The number of sulfone groups is 1. The zero-order chi connectivity index (χ0) is 20.1. The largest absolute Gasteiger partial charge is 0.491 e. The average Bonchev–Trinajstić information content (AvgIpc) is 3.20. The summed E-state index contributed by atoms with van der Waals surface area (Å²) in [5.74, 6) is -3.29. The van der Waals surface area contributed by atoms with Crippen molar-refractivity contribution in [2.24, 2.45) is 0 Å². The molecule has 0 bridgehead atoms. The van der Waals surface area contributed by atoms with Crippen LogP contribution >= 0.6 is 0 Å². The first-order valence-corrected chi connectivity index (χ1v) is 10.2. The van der Waals surface area contributed by atoms with E-state index in [1.54, 1.807) is 24.3 Å². The smallest absolute Gasteiger partial charge is 0.341 e. The van der Waals surface area contributed by atoms with Crippen LogP contribution in [-0.4, -0.2) is 39.4 Å². The molecule has 0 saturated carbocycles. The van der Waals surface area contributed by atoms with Gasteiger partial charge >= 0.3 is 5.76 Å². The lowest BCUT2D eigenvalue weighted by Crippen LogP contribution is -2.16. The van der Waals surface area contributed by atoms with E-state index in [0.717, 1.165) is 31.6 Å². The van der Waals surface area contributed by atoms with E-state index in [1.807, 2.05) is 0 Å². The molecule has 1 atom stereocenters. The summed E-state index contributed by atoms with van der Waals surface area (Å²) in [5, 5.41) is 2.58. The second-order valence-electron chi connectivity index (χ2n) is 6.25. The Morgan fingerprint density at radius 2 is 1.82 bits per heavy atom. The second-order valence-corrected chi connectivity index (χ2v) is 8.17. The first-order chi connectivity index (χ1) is 13.4. The standard InChI is InChI=1S/C19H19F2NO5S/c20-19(21)28(24,25)17-9-5-14(6-10-17)22-18(23)13-3-7-15(8-4-13)27-12-16-2-1-11-26-16/h3-10,16,19H,1-2,11-12H2,(H,22,23)/t16-/m0/s1. The number of amides is 1. The molecule has 0 radical (unpaired) electrons. The van der Waals surface area contributed by atoms with Crippen molar-refractivity contribution in [1.82, 2.24) is 0 Å². The number of hydrogen-bond donors (Lipinski definition) is 1.